The number of hydrogen-bond acceptors (Lipinski definition) is 5. The third-order valence-electron chi connectivity index (χ3n) is 2.55. The molecule has 2 rings (SSSR count). The zero-order valence-corrected chi connectivity index (χ0v) is 10.6. The van der Waals surface area contributed by atoms with E-state index in [-0.39, 0.29) is 0 Å². The summed E-state index contributed by atoms with van der Waals surface area (Å²) in [5, 5.41) is 2.99. The number of aromatic nitrogens is 2. The van der Waals surface area contributed by atoms with Crippen LogP contribution in [0.4, 0.5) is 5.82 Å². The van der Waals surface area contributed by atoms with Gasteiger partial charge < -0.3 is 14.8 Å². The molecule has 0 aliphatic heterocycles. The Labute approximate surface area is 106 Å². The lowest BCUT2D eigenvalue weighted by Crippen LogP contribution is -1.99. The molecule has 0 aliphatic rings. The number of ether oxygens (including phenoxy) is 2. The van der Waals surface area contributed by atoms with Crippen LogP contribution in [-0.4, -0.2) is 24.1 Å². The van der Waals surface area contributed by atoms with Crippen molar-refractivity contribution in [2.45, 2.75) is 6.92 Å². The van der Waals surface area contributed by atoms with E-state index in [1.807, 2.05) is 38.2 Å². The largest absolute Gasteiger partial charge is 0.497 e. The van der Waals surface area contributed by atoms with Gasteiger partial charge in [-0.1, -0.05) is 0 Å². The number of nitrogens with one attached hydrogen (secondary N) is 1. The van der Waals surface area contributed by atoms with E-state index < -0.39 is 0 Å². The van der Waals surface area contributed by atoms with Crippen LogP contribution in [-0.2, 0) is 0 Å². The SMILES string of the molecule is CNc1ncnc(Oc2ccc(OC)cc2)c1C. The lowest BCUT2D eigenvalue weighted by atomic mass is 10.3. The first kappa shape index (κ1) is 12.2. The molecule has 0 fully saturated rings. The van der Waals surface area contributed by atoms with E-state index in [2.05, 4.69) is 15.3 Å². The quantitative estimate of drug-likeness (QED) is 0.897. The molecule has 2 aromatic rings. The Bertz CT molecular complexity index is 526. The highest BCUT2D eigenvalue weighted by molar-refractivity contribution is 5.48. The molecule has 0 amide bonds. The van der Waals surface area contributed by atoms with Crippen LogP contribution in [0.5, 0.6) is 17.4 Å². The summed E-state index contributed by atoms with van der Waals surface area (Å²) in [4.78, 5) is 8.22. The van der Waals surface area contributed by atoms with Gasteiger partial charge in [0.1, 0.15) is 23.6 Å². The van der Waals surface area contributed by atoms with E-state index in [4.69, 9.17) is 9.47 Å². The van der Waals surface area contributed by atoms with Crippen LogP contribution >= 0.6 is 0 Å². The predicted molar refractivity (Wildman–Crippen MR) is 69.4 cm³/mol. The van der Waals surface area contributed by atoms with Crippen LogP contribution in [0.1, 0.15) is 5.56 Å². The van der Waals surface area contributed by atoms with Crippen molar-refractivity contribution in [3.8, 4) is 17.4 Å². The molecule has 5 heteroatoms. The van der Waals surface area contributed by atoms with E-state index in [9.17, 15) is 0 Å². The fraction of sp³-hybridized carbons (Fsp3) is 0.231. The fourth-order valence-corrected chi connectivity index (χ4v) is 1.54. The summed E-state index contributed by atoms with van der Waals surface area (Å²) in [5.41, 5.74) is 0.871. The monoisotopic (exact) mass is 245 g/mol. The smallest absolute Gasteiger partial charge is 0.227 e. The van der Waals surface area contributed by atoms with Crippen LogP contribution in [0.15, 0.2) is 30.6 Å². The van der Waals surface area contributed by atoms with Gasteiger partial charge in [-0.05, 0) is 31.2 Å². The minimum atomic E-state index is 0.541. The summed E-state index contributed by atoms with van der Waals surface area (Å²) in [6.07, 6.45) is 1.47. The zero-order chi connectivity index (χ0) is 13.0. The first-order chi connectivity index (χ1) is 8.74. The molecule has 0 saturated carbocycles. The van der Waals surface area contributed by atoms with Crippen molar-refractivity contribution in [1.29, 1.82) is 0 Å². The van der Waals surface area contributed by atoms with Crippen molar-refractivity contribution < 1.29 is 9.47 Å². The van der Waals surface area contributed by atoms with Crippen molar-refractivity contribution in [1.82, 2.24) is 9.97 Å². The minimum absolute atomic E-state index is 0.541. The molecule has 0 spiro atoms. The Kier molecular flexibility index (Phi) is 3.62. The van der Waals surface area contributed by atoms with Gasteiger partial charge in [-0.25, -0.2) is 9.97 Å². The number of anilines is 1. The molecule has 0 unspecified atom stereocenters. The van der Waals surface area contributed by atoms with E-state index in [0.29, 0.717) is 11.6 Å². The maximum atomic E-state index is 5.70. The van der Waals surface area contributed by atoms with Gasteiger partial charge in [0.2, 0.25) is 5.88 Å². The lowest BCUT2D eigenvalue weighted by Gasteiger charge is -2.10. The molecule has 1 heterocycles. The highest BCUT2D eigenvalue weighted by atomic mass is 16.5. The van der Waals surface area contributed by atoms with Gasteiger partial charge in [-0.3, -0.25) is 0 Å². The summed E-state index contributed by atoms with van der Waals surface area (Å²) >= 11 is 0. The average molecular weight is 245 g/mol. The van der Waals surface area contributed by atoms with Crippen LogP contribution < -0.4 is 14.8 Å². The van der Waals surface area contributed by atoms with Gasteiger partial charge in [0.15, 0.2) is 0 Å². The van der Waals surface area contributed by atoms with Crippen molar-refractivity contribution in [2.24, 2.45) is 0 Å². The Morgan fingerprint density at radius 3 is 2.33 bits per heavy atom. The highest BCUT2D eigenvalue weighted by Gasteiger charge is 2.07. The van der Waals surface area contributed by atoms with E-state index in [0.717, 1.165) is 17.1 Å². The van der Waals surface area contributed by atoms with Gasteiger partial charge >= 0.3 is 0 Å². The van der Waals surface area contributed by atoms with Gasteiger partial charge in [-0.2, -0.15) is 0 Å². The first-order valence-electron chi connectivity index (χ1n) is 5.56. The Balaban J connectivity index is 2.22. The number of hydrogen-bond donors (Lipinski definition) is 1. The molecule has 0 aliphatic carbocycles. The standard InChI is InChI=1S/C13H15N3O2/c1-9-12(14-2)15-8-16-13(9)18-11-6-4-10(17-3)5-7-11/h4-8H,1-3H3,(H,14,15,16). The van der Waals surface area contributed by atoms with Gasteiger partial charge in [-0.15, -0.1) is 0 Å². The van der Waals surface area contributed by atoms with Crippen molar-refractivity contribution >= 4 is 5.82 Å². The summed E-state index contributed by atoms with van der Waals surface area (Å²) < 4.78 is 10.8. The molecule has 18 heavy (non-hydrogen) atoms. The average Bonchev–Trinajstić information content (AvgIpc) is 2.42. The minimum Gasteiger partial charge on any atom is -0.497 e. The van der Waals surface area contributed by atoms with Crippen LogP contribution in [0.3, 0.4) is 0 Å². The second-order valence-corrected chi connectivity index (χ2v) is 3.68. The van der Waals surface area contributed by atoms with Crippen molar-refractivity contribution in [3.05, 3.63) is 36.2 Å². The summed E-state index contributed by atoms with van der Waals surface area (Å²) in [7, 11) is 3.44. The van der Waals surface area contributed by atoms with Crippen LogP contribution in [0.25, 0.3) is 0 Å². The van der Waals surface area contributed by atoms with Gasteiger partial charge in [0.25, 0.3) is 0 Å². The Hall–Kier alpha value is -2.30. The third kappa shape index (κ3) is 2.51. The molecular weight excluding hydrogens is 230 g/mol. The normalized spacial score (nSPS) is 9.94. The second-order valence-electron chi connectivity index (χ2n) is 3.68. The molecular formula is C13H15N3O2. The zero-order valence-electron chi connectivity index (χ0n) is 10.6. The molecule has 94 valence electrons. The maximum Gasteiger partial charge on any atom is 0.227 e. The third-order valence-corrected chi connectivity index (χ3v) is 2.55. The van der Waals surface area contributed by atoms with Gasteiger partial charge in [0, 0.05) is 7.05 Å². The predicted octanol–water partition coefficient (Wildman–Crippen LogP) is 2.63. The summed E-state index contributed by atoms with van der Waals surface area (Å²) in [6, 6.07) is 7.34. The molecule has 1 N–H and O–H groups in total. The molecule has 0 saturated heterocycles. The number of nitrogens with zero attached hydrogens (tertiary/aromatic N) is 2. The van der Waals surface area contributed by atoms with Crippen molar-refractivity contribution in [2.75, 3.05) is 19.5 Å². The van der Waals surface area contributed by atoms with Crippen LogP contribution in [0.2, 0.25) is 0 Å². The number of benzene rings is 1. The Morgan fingerprint density at radius 2 is 1.72 bits per heavy atom. The molecule has 0 radical (unpaired) electrons. The highest BCUT2D eigenvalue weighted by Crippen LogP contribution is 2.26. The summed E-state index contributed by atoms with van der Waals surface area (Å²) in [5.74, 6) is 2.80. The first-order valence-corrected chi connectivity index (χ1v) is 5.56. The van der Waals surface area contributed by atoms with E-state index in [1.165, 1.54) is 6.33 Å². The second kappa shape index (κ2) is 5.35. The molecule has 1 aromatic heterocycles. The molecule has 1 aromatic carbocycles. The number of rotatable bonds is 4. The lowest BCUT2D eigenvalue weighted by molar-refractivity contribution is 0.412. The Morgan fingerprint density at radius 1 is 1.06 bits per heavy atom. The summed E-state index contributed by atoms with van der Waals surface area (Å²) in [6.45, 7) is 1.91. The fourth-order valence-electron chi connectivity index (χ4n) is 1.54. The van der Waals surface area contributed by atoms with Crippen molar-refractivity contribution in [3.63, 3.8) is 0 Å². The topological polar surface area (TPSA) is 56.3 Å². The number of methoxy groups -OCH3 is 1. The molecule has 0 atom stereocenters. The molecule has 5 nitrogen and oxygen atoms in total. The van der Waals surface area contributed by atoms with Crippen LogP contribution in [0, 0.1) is 6.92 Å². The maximum absolute atomic E-state index is 5.70. The van der Waals surface area contributed by atoms with Gasteiger partial charge in [0.05, 0.1) is 12.7 Å². The van der Waals surface area contributed by atoms with E-state index >= 15 is 0 Å². The molecule has 0 bridgehead atoms. The van der Waals surface area contributed by atoms with E-state index in [1.54, 1.807) is 7.11 Å².